The van der Waals surface area contributed by atoms with Gasteiger partial charge in [-0.2, -0.15) is 0 Å². The van der Waals surface area contributed by atoms with Crippen LogP contribution in [0, 0.1) is 0 Å². The van der Waals surface area contributed by atoms with Crippen molar-refractivity contribution in [1.82, 2.24) is 10.2 Å². The number of nitrogens with one attached hydrogen (secondary N) is 1. The number of amides is 2. The van der Waals surface area contributed by atoms with E-state index in [1.807, 2.05) is 19.1 Å². The average molecular weight is 354 g/mol. The van der Waals surface area contributed by atoms with Gasteiger partial charge >= 0.3 is 12.1 Å². The average Bonchev–Trinajstić information content (AvgIpc) is 2.72. The third-order valence-corrected chi connectivity index (χ3v) is 3.67. The van der Waals surface area contributed by atoms with Crippen LogP contribution >= 0.6 is 0 Å². The van der Waals surface area contributed by atoms with Gasteiger partial charge in [0.2, 0.25) is 5.91 Å². The van der Waals surface area contributed by atoms with Crippen molar-refractivity contribution in [1.29, 1.82) is 0 Å². The molecule has 2 atom stereocenters. The second kappa shape index (κ2) is 9.44. The number of allylic oxidation sites excluding steroid dienone is 1. The Morgan fingerprint density at radius 3 is 2.60 bits per heavy atom. The van der Waals surface area contributed by atoms with Gasteiger partial charge in [0.1, 0.15) is 11.6 Å². The van der Waals surface area contributed by atoms with Gasteiger partial charge in [0.05, 0.1) is 6.61 Å². The van der Waals surface area contributed by atoms with Gasteiger partial charge in [-0.25, -0.2) is 4.79 Å². The molecule has 1 N–H and O–H groups in total. The summed E-state index contributed by atoms with van der Waals surface area (Å²) >= 11 is 0. The van der Waals surface area contributed by atoms with Crippen LogP contribution in [0.5, 0.6) is 0 Å². The minimum atomic E-state index is -0.599. The van der Waals surface area contributed by atoms with Crippen LogP contribution in [-0.2, 0) is 19.1 Å². The van der Waals surface area contributed by atoms with Crippen LogP contribution in [0.15, 0.2) is 12.2 Å². The van der Waals surface area contributed by atoms with Gasteiger partial charge in [-0.3, -0.25) is 9.59 Å². The number of carbonyl (C=O) groups is 3. The lowest BCUT2D eigenvalue weighted by atomic mass is 10.2. The minimum Gasteiger partial charge on any atom is -0.466 e. The highest BCUT2D eigenvalue weighted by atomic mass is 16.6. The number of hydrogen-bond donors (Lipinski definition) is 1. The molecule has 0 spiro atoms. The van der Waals surface area contributed by atoms with Crippen molar-refractivity contribution in [3.05, 3.63) is 12.2 Å². The maximum Gasteiger partial charge on any atom is 0.408 e. The van der Waals surface area contributed by atoms with E-state index in [2.05, 4.69) is 5.32 Å². The van der Waals surface area contributed by atoms with Crippen LogP contribution in [0.25, 0.3) is 0 Å². The van der Waals surface area contributed by atoms with Crippen LogP contribution < -0.4 is 5.32 Å². The highest BCUT2D eigenvalue weighted by Crippen LogP contribution is 2.19. The van der Waals surface area contributed by atoms with Gasteiger partial charge in [0, 0.05) is 19.0 Å². The van der Waals surface area contributed by atoms with E-state index in [0.29, 0.717) is 32.4 Å². The van der Waals surface area contributed by atoms with E-state index < -0.39 is 17.7 Å². The van der Waals surface area contributed by atoms with Crippen molar-refractivity contribution in [3.8, 4) is 0 Å². The molecule has 1 aliphatic rings. The molecule has 1 rings (SSSR count). The molecule has 142 valence electrons. The molecule has 7 heteroatoms. The first-order valence-corrected chi connectivity index (χ1v) is 8.74. The number of ether oxygens (including phenoxy) is 2. The van der Waals surface area contributed by atoms with Crippen LogP contribution in [-0.4, -0.2) is 53.7 Å². The molecule has 2 amide bonds. The highest BCUT2D eigenvalue weighted by Gasteiger charge is 2.37. The molecular formula is C18H30N2O5. The fourth-order valence-corrected chi connectivity index (χ4v) is 2.57. The molecule has 0 aromatic rings. The first-order chi connectivity index (χ1) is 11.6. The Morgan fingerprint density at radius 1 is 1.32 bits per heavy atom. The van der Waals surface area contributed by atoms with Crippen molar-refractivity contribution in [2.45, 2.75) is 71.6 Å². The normalized spacial score (nSPS) is 20.8. The van der Waals surface area contributed by atoms with E-state index in [1.165, 1.54) is 0 Å². The molecule has 0 radical (unpaired) electrons. The summed E-state index contributed by atoms with van der Waals surface area (Å²) in [5, 5.41) is 2.64. The fraction of sp³-hybridized carbons (Fsp3) is 0.722. The molecule has 0 bridgehead atoms. The Kier molecular flexibility index (Phi) is 7.93. The van der Waals surface area contributed by atoms with E-state index in [9.17, 15) is 14.4 Å². The molecule has 1 aliphatic heterocycles. The summed E-state index contributed by atoms with van der Waals surface area (Å²) in [7, 11) is 0. The van der Waals surface area contributed by atoms with E-state index in [1.54, 1.807) is 32.6 Å². The molecule has 7 nitrogen and oxygen atoms in total. The molecule has 0 aromatic carbocycles. The van der Waals surface area contributed by atoms with Crippen molar-refractivity contribution in [2.75, 3.05) is 13.2 Å². The zero-order chi connectivity index (χ0) is 19.0. The second-order valence-corrected chi connectivity index (χ2v) is 7.09. The maximum atomic E-state index is 12.4. The lowest BCUT2D eigenvalue weighted by Crippen LogP contribution is -2.43. The summed E-state index contributed by atoms with van der Waals surface area (Å²) in [4.78, 5) is 37.2. The molecule has 0 aromatic heterocycles. The molecule has 1 heterocycles. The first kappa shape index (κ1) is 21.0. The van der Waals surface area contributed by atoms with Gasteiger partial charge in [-0.1, -0.05) is 12.2 Å². The number of nitrogens with zero attached hydrogens (tertiary/aromatic N) is 1. The molecule has 25 heavy (non-hydrogen) atoms. The van der Waals surface area contributed by atoms with Crippen LogP contribution in [0.4, 0.5) is 4.79 Å². The fourth-order valence-electron chi connectivity index (χ4n) is 2.57. The molecule has 2 unspecified atom stereocenters. The molecule has 1 saturated heterocycles. The van der Waals surface area contributed by atoms with E-state index in [0.717, 1.165) is 0 Å². The number of alkyl carbamates (subject to hydrolysis) is 1. The second-order valence-electron chi connectivity index (χ2n) is 7.09. The number of likely N-dealkylation sites (tertiary alicyclic amines) is 1. The van der Waals surface area contributed by atoms with Crippen LogP contribution in [0.1, 0.15) is 53.9 Å². The summed E-state index contributed by atoms with van der Waals surface area (Å²) < 4.78 is 10.0. The Labute approximate surface area is 149 Å². The predicted octanol–water partition coefficient (Wildman–Crippen LogP) is 2.40. The largest absolute Gasteiger partial charge is 0.466 e. The third-order valence-electron chi connectivity index (χ3n) is 3.67. The summed E-state index contributed by atoms with van der Waals surface area (Å²) in [6, 6.07) is -0.528. The van der Waals surface area contributed by atoms with Crippen molar-refractivity contribution in [3.63, 3.8) is 0 Å². The number of carbonyl (C=O) groups excluding carboxylic acids is 3. The Morgan fingerprint density at radius 2 is 2.00 bits per heavy atom. The van der Waals surface area contributed by atoms with E-state index in [-0.39, 0.29) is 17.9 Å². The lowest BCUT2D eigenvalue weighted by Gasteiger charge is -2.21. The number of rotatable bonds is 7. The standard InChI is InChI=1S/C18H30N2O5/c1-6-24-15(21)10-8-7-9-11-20-13(2)12-14(16(20)22)19-17(23)25-18(3,4)5/h7,9,13-14H,6,8,10-12H2,1-5H3,(H,19,23)/b9-7+. The summed E-state index contributed by atoms with van der Waals surface area (Å²) in [5.41, 5.74) is -0.599. The van der Waals surface area contributed by atoms with Crippen molar-refractivity contribution >= 4 is 18.0 Å². The molecular weight excluding hydrogens is 324 g/mol. The molecule has 0 aliphatic carbocycles. The summed E-state index contributed by atoms with van der Waals surface area (Å²) in [6.07, 6.45) is 4.61. The van der Waals surface area contributed by atoms with Crippen molar-refractivity contribution < 1.29 is 23.9 Å². The Bertz CT molecular complexity index is 510. The topological polar surface area (TPSA) is 84.9 Å². The first-order valence-electron chi connectivity index (χ1n) is 8.74. The van der Waals surface area contributed by atoms with Gasteiger partial charge < -0.3 is 19.7 Å². The van der Waals surface area contributed by atoms with E-state index in [4.69, 9.17) is 9.47 Å². The molecule has 0 saturated carbocycles. The number of hydrogen-bond acceptors (Lipinski definition) is 5. The van der Waals surface area contributed by atoms with Gasteiger partial charge in [-0.15, -0.1) is 0 Å². The van der Waals surface area contributed by atoms with Gasteiger partial charge in [0.15, 0.2) is 0 Å². The minimum absolute atomic E-state index is 0.0298. The Balaban J connectivity index is 2.43. The SMILES string of the molecule is CCOC(=O)CC/C=C/CN1C(=O)C(NC(=O)OC(C)(C)C)CC1C. The van der Waals surface area contributed by atoms with Gasteiger partial charge in [-0.05, 0) is 47.5 Å². The monoisotopic (exact) mass is 354 g/mol. The third kappa shape index (κ3) is 7.58. The van der Waals surface area contributed by atoms with Crippen LogP contribution in [0.3, 0.4) is 0 Å². The summed E-state index contributed by atoms with van der Waals surface area (Å²) in [5.74, 6) is -0.340. The lowest BCUT2D eigenvalue weighted by molar-refractivity contribution is -0.143. The highest BCUT2D eigenvalue weighted by molar-refractivity contribution is 5.88. The smallest absolute Gasteiger partial charge is 0.408 e. The quantitative estimate of drug-likeness (QED) is 0.560. The van der Waals surface area contributed by atoms with Crippen LogP contribution in [0.2, 0.25) is 0 Å². The Hall–Kier alpha value is -2.05. The maximum absolute atomic E-state index is 12.4. The molecule has 1 fully saturated rings. The number of esters is 1. The zero-order valence-corrected chi connectivity index (χ0v) is 15.8. The zero-order valence-electron chi connectivity index (χ0n) is 15.8. The summed E-state index contributed by atoms with van der Waals surface area (Å²) in [6.45, 7) is 9.89. The van der Waals surface area contributed by atoms with Crippen molar-refractivity contribution in [2.24, 2.45) is 0 Å². The van der Waals surface area contributed by atoms with E-state index >= 15 is 0 Å². The predicted molar refractivity (Wildman–Crippen MR) is 94.0 cm³/mol. The van der Waals surface area contributed by atoms with Gasteiger partial charge in [0.25, 0.3) is 0 Å².